The number of amides is 1. The number of benzene rings is 3. The molecule has 1 amide bonds. The lowest BCUT2D eigenvalue weighted by Gasteiger charge is -2.34. The minimum absolute atomic E-state index is 0.00763. The van der Waals surface area contributed by atoms with Crippen molar-refractivity contribution in [2.24, 2.45) is 0 Å². The molecule has 3 aromatic carbocycles. The van der Waals surface area contributed by atoms with Crippen LogP contribution in [-0.4, -0.2) is 58.1 Å². The van der Waals surface area contributed by atoms with Crippen molar-refractivity contribution < 1.29 is 26.0 Å². The molecule has 1 aliphatic heterocycles. The van der Waals surface area contributed by atoms with Gasteiger partial charge in [-0.15, -0.1) is 0 Å². The average molecular weight is 594 g/mol. The molecular formula is C27H29ClFN3O5S2. The molecule has 1 heterocycles. The lowest BCUT2D eigenvalue weighted by atomic mass is 9.87. The van der Waals surface area contributed by atoms with Crippen LogP contribution in [0.5, 0.6) is 0 Å². The number of halogens is 2. The van der Waals surface area contributed by atoms with Crippen molar-refractivity contribution in [2.45, 2.75) is 36.0 Å². The molecule has 208 valence electrons. The molecule has 0 unspecified atom stereocenters. The monoisotopic (exact) mass is 593 g/mol. The number of carbonyl (C=O) groups excluding carboxylic acids is 1. The van der Waals surface area contributed by atoms with Gasteiger partial charge in [0.1, 0.15) is 5.82 Å². The number of anilines is 1. The number of carbonyl (C=O) groups is 1. The van der Waals surface area contributed by atoms with Gasteiger partial charge in [0.25, 0.3) is 15.9 Å². The Kier molecular flexibility index (Phi) is 8.09. The number of nitrogens with zero attached hydrogens (tertiary/aromatic N) is 2. The molecule has 3 aromatic rings. The van der Waals surface area contributed by atoms with E-state index in [1.165, 1.54) is 27.4 Å². The van der Waals surface area contributed by atoms with Crippen LogP contribution in [0.3, 0.4) is 0 Å². The molecule has 0 radical (unpaired) electrons. The summed E-state index contributed by atoms with van der Waals surface area (Å²) in [4.78, 5) is 14.7. The predicted octanol–water partition coefficient (Wildman–Crippen LogP) is 4.72. The molecule has 1 aliphatic rings. The molecule has 0 atom stereocenters. The van der Waals surface area contributed by atoms with Crippen molar-refractivity contribution in [3.8, 4) is 0 Å². The Morgan fingerprint density at radius 2 is 1.41 bits per heavy atom. The maximum atomic E-state index is 13.2. The van der Waals surface area contributed by atoms with E-state index in [4.69, 9.17) is 11.6 Å². The van der Waals surface area contributed by atoms with E-state index < -0.39 is 25.9 Å². The molecule has 12 heteroatoms. The fourth-order valence-electron chi connectivity index (χ4n) is 4.14. The van der Waals surface area contributed by atoms with Crippen molar-refractivity contribution in [3.05, 3.63) is 88.7 Å². The minimum atomic E-state index is -4.08. The summed E-state index contributed by atoms with van der Waals surface area (Å²) in [7, 11) is -7.80. The highest BCUT2D eigenvalue weighted by atomic mass is 35.5. The highest BCUT2D eigenvalue weighted by Gasteiger charge is 2.31. The summed E-state index contributed by atoms with van der Waals surface area (Å²) < 4.78 is 68.7. The number of piperazine rings is 1. The van der Waals surface area contributed by atoms with Gasteiger partial charge in [0.05, 0.1) is 20.5 Å². The van der Waals surface area contributed by atoms with Gasteiger partial charge in [-0.05, 0) is 65.6 Å². The number of nitrogens with one attached hydrogen (secondary N) is 1. The molecule has 4 rings (SSSR count). The Balaban J connectivity index is 1.45. The van der Waals surface area contributed by atoms with Gasteiger partial charge in [0.15, 0.2) is 0 Å². The fraction of sp³-hybridized carbons (Fsp3) is 0.296. The Morgan fingerprint density at radius 3 is 1.97 bits per heavy atom. The zero-order valence-corrected chi connectivity index (χ0v) is 24.1. The van der Waals surface area contributed by atoms with Gasteiger partial charge < -0.3 is 4.90 Å². The second-order valence-electron chi connectivity index (χ2n) is 10.2. The van der Waals surface area contributed by atoms with E-state index in [1.807, 2.05) is 12.1 Å². The molecule has 0 aliphatic carbocycles. The summed E-state index contributed by atoms with van der Waals surface area (Å²) >= 11 is 6.18. The van der Waals surface area contributed by atoms with Crippen LogP contribution in [0.2, 0.25) is 5.02 Å². The molecule has 1 fully saturated rings. The van der Waals surface area contributed by atoms with Gasteiger partial charge in [-0.1, -0.05) is 44.5 Å². The second kappa shape index (κ2) is 10.9. The Bertz CT molecular complexity index is 1580. The van der Waals surface area contributed by atoms with Crippen LogP contribution in [0, 0.1) is 5.82 Å². The lowest BCUT2D eigenvalue weighted by molar-refractivity contribution is 0.0698. The Hall–Kier alpha value is -2.99. The third kappa shape index (κ3) is 6.43. The highest BCUT2D eigenvalue weighted by Crippen LogP contribution is 2.28. The van der Waals surface area contributed by atoms with E-state index in [0.717, 1.165) is 29.8 Å². The van der Waals surface area contributed by atoms with Crippen LogP contribution < -0.4 is 4.72 Å². The topological polar surface area (TPSA) is 104 Å². The summed E-state index contributed by atoms with van der Waals surface area (Å²) in [5.41, 5.74) is 1.10. The second-order valence-corrected chi connectivity index (χ2v) is 14.3. The van der Waals surface area contributed by atoms with Crippen molar-refractivity contribution in [2.75, 3.05) is 30.9 Å². The largest absolute Gasteiger partial charge is 0.336 e. The number of hydrogen-bond acceptors (Lipinski definition) is 5. The molecule has 39 heavy (non-hydrogen) atoms. The normalized spacial score (nSPS) is 15.3. The fourth-order valence-corrected chi connectivity index (χ4v) is 6.86. The van der Waals surface area contributed by atoms with E-state index in [2.05, 4.69) is 25.5 Å². The molecule has 0 spiro atoms. The molecule has 0 aromatic heterocycles. The van der Waals surface area contributed by atoms with Crippen LogP contribution in [0.4, 0.5) is 10.1 Å². The summed E-state index contributed by atoms with van der Waals surface area (Å²) in [6.07, 6.45) is 0. The number of hydrogen-bond donors (Lipinski definition) is 1. The van der Waals surface area contributed by atoms with Crippen LogP contribution in [0.1, 0.15) is 36.7 Å². The van der Waals surface area contributed by atoms with Crippen LogP contribution in [0.15, 0.2) is 76.5 Å². The molecule has 1 saturated heterocycles. The summed E-state index contributed by atoms with van der Waals surface area (Å²) in [5, 5.41) is 0.0747. The zero-order valence-electron chi connectivity index (χ0n) is 21.7. The Labute approximate surface area is 233 Å². The van der Waals surface area contributed by atoms with Crippen LogP contribution in [0.25, 0.3) is 0 Å². The third-order valence-electron chi connectivity index (χ3n) is 6.47. The van der Waals surface area contributed by atoms with Crippen molar-refractivity contribution in [3.63, 3.8) is 0 Å². The van der Waals surface area contributed by atoms with Crippen LogP contribution >= 0.6 is 11.6 Å². The van der Waals surface area contributed by atoms with Crippen molar-refractivity contribution in [1.29, 1.82) is 0 Å². The first kappa shape index (κ1) is 29.0. The smallest absolute Gasteiger partial charge is 0.261 e. The average Bonchev–Trinajstić information content (AvgIpc) is 2.89. The van der Waals surface area contributed by atoms with E-state index in [1.54, 1.807) is 12.1 Å². The predicted molar refractivity (Wildman–Crippen MR) is 148 cm³/mol. The van der Waals surface area contributed by atoms with Crippen LogP contribution in [-0.2, 0) is 25.5 Å². The molecular weight excluding hydrogens is 565 g/mol. The number of rotatable bonds is 6. The third-order valence-corrected chi connectivity index (χ3v) is 10.1. The minimum Gasteiger partial charge on any atom is -0.336 e. The maximum Gasteiger partial charge on any atom is 0.261 e. The highest BCUT2D eigenvalue weighted by molar-refractivity contribution is 7.92. The van der Waals surface area contributed by atoms with Gasteiger partial charge in [-0.25, -0.2) is 21.2 Å². The van der Waals surface area contributed by atoms with E-state index >= 15 is 0 Å². The van der Waals surface area contributed by atoms with E-state index in [0.29, 0.717) is 0 Å². The summed E-state index contributed by atoms with van der Waals surface area (Å²) in [6, 6.07) is 15.3. The van der Waals surface area contributed by atoms with Gasteiger partial charge >= 0.3 is 0 Å². The maximum absolute atomic E-state index is 13.2. The lowest BCUT2D eigenvalue weighted by Crippen LogP contribution is -2.50. The SMILES string of the molecule is CC(C)(C)c1ccc(S(=O)(=O)N2CCN(C(=O)c3ccc(Cl)c(NS(=O)(=O)c4ccc(F)cc4)c3)CC2)cc1. The van der Waals surface area contributed by atoms with E-state index in [-0.39, 0.29) is 63.6 Å². The van der Waals surface area contributed by atoms with Gasteiger partial charge in [-0.2, -0.15) is 4.31 Å². The zero-order chi connectivity index (χ0) is 28.6. The molecule has 8 nitrogen and oxygen atoms in total. The Morgan fingerprint density at radius 1 is 0.846 bits per heavy atom. The van der Waals surface area contributed by atoms with Crippen molar-refractivity contribution >= 4 is 43.2 Å². The first-order valence-corrected chi connectivity index (χ1v) is 15.5. The summed E-state index contributed by atoms with van der Waals surface area (Å²) in [6.45, 7) is 6.72. The molecule has 1 N–H and O–H groups in total. The first-order valence-electron chi connectivity index (χ1n) is 12.2. The van der Waals surface area contributed by atoms with E-state index in [9.17, 15) is 26.0 Å². The van der Waals surface area contributed by atoms with Gasteiger partial charge in [-0.3, -0.25) is 9.52 Å². The summed E-state index contributed by atoms with van der Waals surface area (Å²) in [5.74, 6) is -0.966. The number of sulfonamides is 2. The quantitative estimate of drug-likeness (QED) is 0.445. The van der Waals surface area contributed by atoms with Gasteiger partial charge in [0, 0.05) is 31.7 Å². The first-order chi connectivity index (χ1) is 18.2. The van der Waals surface area contributed by atoms with Gasteiger partial charge in [0.2, 0.25) is 10.0 Å². The molecule has 0 bridgehead atoms. The standard InChI is InChI=1S/C27H29ClFN3O5S2/c1-27(2,3)20-5-9-23(10-6-20)39(36,37)32-16-14-31(15-17-32)26(33)19-4-13-24(28)25(18-19)30-38(34,35)22-11-7-21(29)8-12-22/h4-13,18,30H,14-17H2,1-3H3. The van der Waals surface area contributed by atoms with Crippen molar-refractivity contribution in [1.82, 2.24) is 9.21 Å². The molecule has 0 saturated carbocycles.